The summed E-state index contributed by atoms with van der Waals surface area (Å²) in [5.74, 6) is 1.83. The number of hydrogen-bond donors (Lipinski definition) is 2. The van der Waals surface area contributed by atoms with Gasteiger partial charge in [0.1, 0.15) is 4.88 Å². The van der Waals surface area contributed by atoms with Crippen molar-refractivity contribution in [2.75, 3.05) is 13.1 Å². The minimum absolute atomic E-state index is 0.140. The number of thiazole rings is 1. The molecule has 2 aromatic heterocycles. The maximum Gasteiger partial charge on any atom is 0.235 e. The zero-order chi connectivity index (χ0) is 18.3. The van der Waals surface area contributed by atoms with Crippen molar-refractivity contribution < 1.29 is 10.0 Å². The molecule has 0 saturated carbocycles. The smallest absolute Gasteiger partial charge is 0.235 e. The van der Waals surface area contributed by atoms with Crippen molar-refractivity contribution in [3.63, 3.8) is 0 Å². The number of hydrogen-bond acceptors (Lipinski definition) is 4. The van der Waals surface area contributed by atoms with Gasteiger partial charge in [0.15, 0.2) is 11.9 Å². The van der Waals surface area contributed by atoms with Gasteiger partial charge in [0.2, 0.25) is 10.8 Å². The van der Waals surface area contributed by atoms with Crippen LogP contribution in [0.3, 0.4) is 0 Å². The normalized spacial score (nSPS) is 22.0. The van der Waals surface area contributed by atoms with Crippen LogP contribution in [-0.2, 0) is 6.42 Å². The standard InChI is InChI=1S/C20H26N4OS/c1-4-16-21-20-24(22-16)19(25)18(26-20)17(15-7-5-6-14(3)12-15)23-10-8-13(2)9-11-23/h5-7,12-13,17,25H,4,8-11H2,1-3H3/p+1/t17-/m1/s1. The maximum atomic E-state index is 10.9. The predicted molar refractivity (Wildman–Crippen MR) is 104 cm³/mol. The molecule has 138 valence electrons. The van der Waals surface area contributed by atoms with Crippen molar-refractivity contribution in [1.82, 2.24) is 14.6 Å². The number of rotatable bonds is 4. The molecule has 0 amide bonds. The fourth-order valence-electron chi connectivity index (χ4n) is 3.97. The van der Waals surface area contributed by atoms with E-state index in [0.29, 0.717) is 0 Å². The second-order valence-corrected chi connectivity index (χ2v) is 8.56. The monoisotopic (exact) mass is 371 g/mol. The van der Waals surface area contributed by atoms with E-state index in [-0.39, 0.29) is 11.9 Å². The zero-order valence-electron chi connectivity index (χ0n) is 15.7. The quantitative estimate of drug-likeness (QED) is 0.741. The van der Waals surface area contributed by atoms with Crippen molar-refractivity contribution >= 4 is 16.3 Å². The lowest BCUT2D eigenvalue weighted by Crippen LogP contribution is -3.13. The second-order valence-electron chi connectivity index (χ2n) is 7.55. The van der Waals surface area contributed by atoms with Crippen LogP contribution in [-0.4, -0.2) is 32.8 Å². The Morgan fingerprint density at radius 3 is 2.77 bits per heavy atom. The van der Waals surface area contributed by atoms with Gasteiger partial charge in [-0.05, 0) is 31.7 Å². The second kappa shape index (κ2) is 7.00. The Hall–Kier alpha value is -1.92. The minimum Gasteiger partial charge on any atom is -0.492 e. The van der Waals surface area contributed by atoms with Gasteiger partial charge in [-0.25, -0.2) is 4.98 Å². The Balaban J connectivity index is 1.79. The van der Waals surface area contributed by atoms with Crippen molar-refractivity contribution in [1.29, 1.82) is 0 Å². The van der Waals surface area contributed by atoms with E-state index in [1.54, 1.807) is 15.9 Å². The summed E-state index contributed by atoms with van der Waals surface area (Å²) in [6.45, 7) is 8.77. The first-order chi connectivity index (χ1) is 12.6. The van der Waals surface area contributed by atoms with Crippen LogP contribution >= 0.6 is 11.3 Å². The molecule has 0 aliphatic carbocycles. The number of nitrogens with zero attached hydrogens (tertiary/aromatic N) is 3. The van der Waals surface area contributed by atoms with E-state index in [1.807, 2.05) is 6.92 Å². The van der Waals surface area contributed by atoms with E-state index < -0.39 is 0 Å². The number of aromatic hydroxyl groups is 1. The third-order valence-corrected chi connectivity index (χ3v) is 6.61. The highest BCUT2D eigenvalue weighted by Crippen LogP contribution is 2.35. The number of fused-ring (bicyclic) bond motifs is 1. The first-order valence-corrected chi connectivity index (χ1v) is 10.4. The van der Waals surface area contributed by atoms with E-state index in [2.05, 4.69) is 48.2 Å². The molecule has 4 rings (SSSR count). The Morgan fingerprint density at radius 1 is 1.35 bits per heavy atom. The van der Waals surface area contributed by atoms with Gasteiger partial charge < -0.3 is 10.0 Å². The Kier molecular flexibility index (Phi) is 4.71. The maximum absolute atomic E-state index is 10.9. The summed E-state index contributed by atoms with van der Waals surface area (Å²) in [4.78, 5) is 7.87. The first kappa shape index (κ1) is 17.5. The molecule has 3 aromatic rings. The molecule has 1 aliphatic rings. The highest BCUT2D eigenvalue weighted by atomic mass is 32.1. The lowest BCUT2D eigenvalue weighted by atomic mass is 9.94. The van der Waals surface area contributed by atoms with Gasteiger partial charge in [0.25, 0.3) is 0 Å². The Bertz CT molecular complexity index is 908. The van der Waals surface area contributed by atoms with Gasteiger partial charge in [0, 0.05) is 12.0 Å². The van der Waals surface area contributed by atoms with Crippen LogP contribution in [0.25, 0.3) is 4.96 Å². The number of nitrogens with one attached hydrogen (secondary N) is 1. The molecular weight excluding hydrogens is 344 g/mol. The summed E-state index contributed by atoms with van der Waals surface area (Å²) in [7, 11) is 0. The average molecular weight is 372 g/mol. The van der Waals surface area contributed by atoms with Gasteiger partial charge in [-0.15, -0.1) is 5.10 Å². The summed E-state index contributed by atoms with van der Waals surface area (Å²) >= 11 is 1.58. The van der Waals surface area contributed by atoms with Crippen molar-refractivity contribution in [3.8, 4) is 5.88 Å². The molecule has 1 aromatic carbocycles. The highest BCUT2D eigenvalue weighted by Gasteiger charge is 2.34. The average Bonchev–Trinajstić information content (AvgIpc) is 3.17. The zero-order valence-corrected chi connectivity index (χ0v) is 16.5. The molecule has 0 unspecified atom stereocenters. The minimum atomic E-state index is 0.140. The van der Waals surface area contributed by atoms with Crippen molar-refractivity contribution in [2.24, 2.45) is 5.92 Å². The number of aromatic nitrogens is 3. The molecule has 3 heterocycles. The Labute approximate surface area is 158 Å². The lowest BCUT2D eigenvalue weighted by molar-refractivity contribution is -0.931. The largest absolute Gasteiger partial charge is 0.492 e. The third-order valence-electron chi connectivity index (χ3n) is 5.52. The van der Waals surface area contributed by atoms with E-state index in [4.69, 9.17) is 0 Å². The molecule has 1 fully saturated rings. The van der Waals surface area contributed by atoms with Gasteiger partial charge in [0.05, 0.1) is 13.1 Å². The number of likely N-dealkylation sites (tertiary alicyclic amines) is 1. The van der Waals surface area contributed by atoms with Crippen LogP contribution in [0.5, 0.6) is 5.88 Å². The summed E-state index contributed by atoms with van der Waals surface area (Å²) in [5, 5.41) is 15.4. The topological polar surface area (TPSA) is 54.9 Å². The number of quaternary nitrogens is 1. The molecule has 26 heavy (non-hydrogen) atoms. The van der Waals surface area contributed by atoms with Gasteiger partial charge in [-0.3, -0.25) is 0 Å². The van der Waals surface area contributed by atoms with Crippen LogP contribution in [0, 0.1) is 12.8 Å². The van der Waals surface area contributed by atoms with Crippen LogP contribution in [0.4, 0.5) is 0 Å². The van der Waals surface area contributed by atoms with E-state index in [9.17, 15) is 5.11 Å². The molecule has 1 atom stereocenters. The third kappa shape index (κ3) is 3.12. The fraction of sp³-hybridized carbons (Fsp3) is 0.500. The fourth-order valence-corrected chi connectivity index (χ4v) is 5.13. The number of benzene rings is 1. The number of aryl methyl sites for hydroxylation is 2. The molecule has 1 saturated heterocycles. The molecule has 2 N–H and O–H groups in total. The first-order valence-electron chi connectivity index (χ1n) is 9.55. The van der Waals surface area contributed by atoms with Gasteiger partial charge in [-0.1, -0.05) is 48.9 Å². The number of piperidine rings is 1. The van der Waals surface area contributed by atoms with Crippen LogP contribution in [0.1, 0.15) is 54.6 Å². The molecule has 0 radical (unpaired) electrons. The summed E-state index contributed by atoms with van der Waals surface area (Å²) < 4.78 is 1.62. The van der Waals surface area contributed by atoms with E-state index in [0.717, 1.165) is 41.1 Å². The lowest BCUT2D eigenvalue weighted by Gasteiger charge is -2.33. The molecular formula is C20H27N4OS+. The molecule has 0 spiro atoms. The van der Waals surface area contributed by atoms with Crippen molar-refractivity contribution in [2.45, 2.75) is 46.1 Å². The molecule has 6 heteroatoms. The van der Waals surface area contributed by atoms with Crippen LogP contribution < -0.4 is 4.90 Å². The molecule has 1 aliphatic heterocycles. The summed E-state index contributed by atoms with van der Waals surface area (Å²) in [5.41, 5.74) is 2.52. The van der Waals surface area contributed by atoms with Crippen LogP contribution in [0.2, 0.25) is 0 Å². The SMILES string of the molecule is CCc1nc2sc([C@@H](c3cccc(C)c3)[NH+]3CCC(C)CC3)c(O)n2n1. The van der Waals surface area contributed by atoms with Crippen LogP contribution in [0.15, 0.2) is 24.3 Å². The summed E-state index contributed by atoms with van der Waals surface area (Å²) in [6, 6.07) is 8.83. The molecule has 5 nitrogen and oxygen atoms in total. The molecule has 0 bridgehead atoms. The van der Waals surface area contributed by atoms with Gasteiger partial charge >= 0.3 is 0 Å². The Morgan fingerprint density at radius 2 is 2.12 bits per heavy atom. The van der Waals surface area contributed by atoms with Gasteiger partial charge in [-0.2, -0.15) is 4.52 Å². The van der Waals surface area contributed by atoms with E-state index >= 15 is 0 Å². The van der Waals surface area contributed by atoms with E-state index in [1.165, 1.54) is 28.9 Å². The predicted octanol–water partition coefficient (Wildman–Crippen LogP) is 2.77. The summed E-state index contributed by atoms with van der Waals surface area (Å²) in [6.07, 6.45) is 3.25. The highest BCUT2D eigenvalue weighted by molar-refractivity contribution is 7.17. The van der Waals surface area contributed by atoms with Crippen molar-refractivity contribution in [3.05, 3.63) is 46.1 Å².